The van der Waals surface area contributed by atoms with Gasteiger partial charge in [0.05, 0.1) is 6.61 Å². The monoisotopic (exact) mass is 498 g/mol. The van der Waals surface area contributed by atoms with Crippen LogP contribution in [0.15, 0.2) is 36.7 Å². The average Bonchev–Trinajstić information content (AvgIpc) is 2.90. The Morgan fingerprint density at radius 2 is 1.19 bits per heavy atom. The minimum Gasteiger partial charge on any atom is -0.493 e. The molecule has 0 bridgehead atoms. The Bertz CT molecular complexity index is 763. The SMILES string of the molecule is CCCCCCCCCCCCCCc1cnc(-c2ccc(OCCC(F)CCCCC)cc2)nc1. The molecule has 0 spiro atoms. The molecule has 1 heterocycles. The highest BCUT2D eigenvalue weighted by Gasteiger charge is 2.07. The molecular weight excluding hydrogens is 447 g/mol. The summed E-state index contributed by atoms with van der Waals surface area (Å²) in [6.45, 7) is 4.83. The molecule has 36 heavy (non-hydrogen) atoms. The van der Waals surface area contributed by atoms with Crippen molar-refractivity contribution in [3.63, 3.8) is 0 Å². The number of rotatable bonds is 22. The lowest BCUT2D eigenvalue weighted by atomic mass is 10.0. The molecular formula is C32H51FN2O. The molecule has 0 amide bonds. The number of hydrogen-bond acceptors (Lipinski definition) is 3. The van der Waals surface area contributed by atoms with Crippen molar-refractivity contribution in [1.82, 2.24) is 9.97 Å². The van der Waals surface area contributed by atoms with E-state index in [0.29, 0.717) is 19.4 Å². The van der Waals surface area contributed by atoms with E-state index >= 15 is 0 Å². The maximum Gasteiger partial charge on any atom is 0.159 e. The second-order valence-electron chi connectivity index (χ2n) is 10.3. The number of nitrogens with zero attached hydrogens (tertiary/aromatic N) is 2. The normalized spacial score (nSPS) is 12.1. The summed E-state index contributed by atoms with van der Waals surface area (Å²) in [5, 5.41) is 0. The van der Waals surface area contributed by atoms with E-state index in [-0.39, 0.29) is 0 Å². The number of ether oxygens (including phenoxy) is 1. The molecule has 0 aliphatic carbocycles. The fraction of sp³-hybridized carbons (Fsp3) is 0.688. The lowest BCUT2D eigenvalue weighted by Crippen LogP contribution is -2.07. The molecule has 1 atom stereocenters. The summed E-state index contributed by atoms with van der Waals surface area (Å²) in [5.74, 6) is 1.50. The van der Waals surface area contributed by atoms with Gasteiger partial charge in [0.15, 0.2) is 5.82 Å². The van der Waals surface area contributed by atoms with Crippen LogP contribution >= 0.6 is 0 Å². The minimum absolute atomic E-state index is 0.414. The van der Waals surface area contributed by atoms with Gasteiger partial charge in [-0.2, -0.15) is 0 Å². The molecule has 202 valence electrons. The molecule has 2 rings (SSSR count). The van der Waals surface area contributed by atoms with Crippen LogP contribution in [0.5, 0.6) is 5.75 Å². The molecule has 1 aromatic carbocycles. The van der Waals surface area contributed by atoms with Crippen molar-refractivity contribution in [3.05, 3.63) is 42.2 Å². The van der Waals surface area contributed by atoms with E-state index in [4.69, 9.17) is 4.74 Å². The van der Waals surface area contributed by atoms with E-state index in [0.717, 1.165) is 42.8 Å². The van der Waals surface area contributed by atoms with Crippen molar-refractivity contribution >= 4 is 0 Å². The first-order chi connectivity index (χ1) is 17.7. The number of halogens is 1. The Kier molecular flexibility index (Phi) is 16.9. The average molecular weight is 499 g/mol. The Hall–Kier alpha value is -1.97. The number of aryl methyl sites for hydroxylation is 1. The summed E-state index contributed by atoms with van der Waals surface area (Å²) in [7, 11) is 0. The van der Waals surface area contributed by atoms with Crippen LogP contribution in [0.2, 0.25) is 0 Å². The molecule has 0 aliphatic rings. The van der Waals surface area contributed by atoms with Gasteiger partial charge in [-0.3, -0.25) is 0 Å². The summed E-state index contributed by atoms with van der Waals surface area (Å²) in [6.07, 6.45) is 25.0. The smallest absolute Gasteiger partial charge is 0.159 e. The van der Waals surface area contributed by atoms with E-state index in [2.05, 4.69) is 23.8 Å². The number of benzene rings is 1. The third-order valence-corrected chi connectivity index (χ3v) is 6.96. The standard InChI is InChI=1S/C32H51FN2O/c1-3-5-7-8-9-10-11-12-13-14-15-17-18-28-26-34-32(35-27-28)29-20-22-31(23-21-29)36-25-24-30(33)19-16-6-4-2/h20-23,26-27,30H,3-19,24-25H2,1-2H3. The van der Waals surface area contributed by atoms with Gasteiger partial charge in [-0.05, 0) is 49.1 Å². The molecule has 0 saturated carbocycles. The van der Waals surface area contributed by atoms with Gasteiger partial charge in [0, 0.05) is 24.4 Å². The largest absolute Gasteiger partial charge is 0.493 e. The second kappa shape index (κ2) is 20.1. The number of alkyl halides is 1. The molecule has 0 aliphatic heterocycles. The van der Waals surface area contributed by atoms with Gasteiger partial charge >= 0.3 is 0 Å². The molecule has 1 unspecified atom stereocenters. The summed E-state index contributed by atoms with van der Waals surface area (Å²) >= 11 is 0. The summed E-state index contributed by atoms with van der Waals surface area (Å²) in [4.78, 5) is 9.15. The zero-order chi connectivity index (χ0) is 25.7. The van der Waals surface area contributed by atoms with Gasteiger partial charge in [-0.25, -0.2) is 14.4 Å². The maximum atomic E-state index is 13.9. The highest BCUT2D eigenvalue weighted by molar-refractivity contribution is 5.55. The Morgan fingerprint density at radius 1 is 0.667 bits per heavy atom. The first-order valence-electron chi connectivity index (χ1n) is 14.9. The van der Waals surface area contributed by atoms with E-state index in [9.17, 15) is 4.39 Å². The topological polar surface area (TPSA) is 35.0 Å². The van der Waals surface area contributed by atoms with Crippen LogP contribution in [0.25, 0.3) is 11.4 Å². The number of unbranched alkanes of at least 4 members (excludes halogenated alkanes) is 13. The second-order valence-corrected chi connectivity index (χ2v) is 10.3. The first kappa shape index (κ1) is 30.3. The van der Waals surface area contributed by atoms with Gasteiger partial charge < -0.3 is 4.74 Å². The zero-order valence-electron chi connectivity index (χ0n) is 23.2. The molecule has 1 aromatic heterocycles. The summed E-state index contributed by atoms with van der Waals surface area (Å²) in [5.41, 5.74) is 2.19. The van der Waals surface area contributed by atoms with Crippen LogP contribution in [0, 0.1) is 0 Å². The number of aromatic nitrogens is 2. The van der Waals surface area contributed by atoms with Gasteiger partial charge in [0.25, 0.3) is 0 Å². The molecule has 0 N–H and O–H groups in total. The number of hydrogen-bond donors (Lipinski definition) is 0. The highest BCUT2D eigenvalue weighted by atomic mass is 19.1. The maximum absolute atomic E-state index is 13.9. The van der Waals surface area contributed by atoms with Crippen molar-refractivity contribution < 1.29 is 9.13 Å². The third-order valence-electron chi connectivity index (χ3n) is 6.96. The van der Waals surface area contributed by atoms with Gasteiger partial charge in [0.1, 0.15) is 11.9 Å². The van der Waals surface area contributed by atoms with Crippen molar-refractivity contribution in [3.8, 4) is 17.1 Å². The molecule has 0 saturated heterocycles. The lowest BCUT2D eigenvalue weighted by molar-refractivity contribution is 0.223. The van der Waals surface area contributed by atoms with E-state index in [1.807, 2.05) is 36.7 Å². The highest BCUT2D eigenvalue weighted by Crippen LogP contribution is 2.20. The Morgan fingerprint density at radius 3 is 1.78 bits per heavy atom. The first-order valence-corrected chi connectivity index (χ1v) is 14.9. The summed E-state index contributed by atoms with van der Waals surface area (Å²) < 4.78 is 19.6. The molecule has 2 aromatic rings. The van der Waals surface area contributed by atoms with Gasteiger partial charge in [-0.15, -0.1) is 0 Å². The fourth-order valence-corrected chi connectivity index (χ4v) is 4.57. The quantitative estimate of drug-likeness (QED) is 0.151. The predicted molar refractivity (Wildman–Crippen MR) is 151 cm³/mol. The van der Waals surface area contributed by atoms with E-state index in [1.165, 1.54) is 82.6 Å². The molecule has 4 heteroatoms. The Balaban J connectivity index is 1.56. The minimum atomic E-state index is -0.766. The van der Waals surface area contributed by atoms with Crippen molar-refractivity contribution in [2.75, 3.05) is 6.61 Å². The van der Waals surface area contributed by atoms with Crippen LogP contribution < -0.4 is 4.74 Å². The van der Waals surface area contributed by atoms with Gasteiger partial charge in [-0.1, -0.05) is 104 Å². The van der Waals surface area contributed by atoms with Crippen LogP contribution in [0.1, 0.15) is 129 Å². The van der Waals surface area contributed by atoms with Crippen molar-refractivity contribution in [2.24, 2.45) is 0 Å². The molecule has 3 nitrogen and oxygen atoms in total. The van der Waals surface area contributed by atoms with Crippen LogP contribution in [0.3, 0.4) is 0 Å². The third kappa shape index (κ3) is 13.9. The van der Waals surface area contributed by atoms with Crippen LogP contribution in [-0.2, 0) is 6.42 Å². The zero-order valence-corrected chi connectivity index (χ0v) is 23.2. The Labute approximate surface area is 220 Å². The molecule has 0 radical (unpaired) electrons. The summed E-state index contributed by atoms with van der Waals surface area (Å²) in [6, 6.07) is 7.79. The predicted octanol–water partition coefficient (Wildman–Crippen LogP) is 10.1. The van der Waals surface area contributed by atoms with Crippen molar-refractivity contribution in [1.29, 1.82) is 0 Å². The van der Waals surface area contributed by atoms with Crippen LogP contribution in [0.4, 0.5) is 4.39 Å². The van der Waals surface area contributed by atoms with Crippen molar-refractivity contribution in [2.45, 2.75) is 136 Å². The van der Waals surface area contributed by atoms with Crippen LogP contribution in [-0.4, -0.2) is 22.7 Å². The van der Waals surface area contributed by atoms with E-state index in [1.54, 1.807) is 0 Å². The van der Waals surface area contributed by atoms with E-state index < -0.39 is 6.17 Å². The van der Waals surface area contributed by atoms with Gasteiger partial charge in [0.2, 0.25) is 0 Å². The molecule has 0 fully saturated rings. The lowest BCUT2D eigenvalue weighted by Gasteiger charge is -2.10. The fourth-order valence-electron chi connectivity index (χ4n) is 4.57.